The second-order valence-corrected chi connectivity index (χ2v) is 7.19. The Kier molecular flexibility index (Phi) is 7.11. The Labute approximate surface area is 172 Å². The quantitative estimate of drug-likeness (QED) is 0.742. The van der Waals surface area contributed by atoms with Gasteiger partial charge in [0.15, 0.2) is 0 Å². The lowest BCUT2D eigenvalue weighted by Gasteiger charge is -2.29. The van der Waals surface area contributed by atoms with Gasteiger partial charge in [0.05, 0.1) is 6.61 Å². The van der Waals surface area contributed by atoms with E-state index in [4.69, 9.17) is 4.74 Å². The lowest BCUT2D eigenvalue weighted by Crippen LogP contribution is -2.42. The second-order valence-electron chi connectivity index (χ2n) is 7.19. The first-order valence-electron chi connectivity index (χ1n) is 10.2. The summed E-state index contributed by atoms with van der Waals surface area (Å²) in [4.78, 5) is 26.2. The fourth-order valence-corrected chi connectivity index (χ4v) is 3.46. The van der Waals surface area contributed by atoms with Crippen LogP contribution in [0.3, 0.4) is 0 Å². The maximum absolute atomic E-state index is 12.7. The molecule has 0 saturated heterocycles. The van der Waals surface area contributed by atoms with Crippen LogP contribution in [0.2, 0.25) is 0 Å². The van der Waals surface area contributed by atoms with E-state index in [9.17, 15) is 9.59 Å². The van der Waals surface area contributed by atoms with Crippen molar-refractivity contribution in [3.05, 3.63) is 59.2 Å². The lowest BCUT2D eigenvalue weighted by atomic mass is 10.00. The summed E-state index contributed by atoms with van der Waals surface area (Å²) in [6, 6.07) is 13.6. The highest BCUT2D eigenvalue weighted by atomic mass is 16.5. The minimum absolute atomic E-state index is 0.00656. The number of carbonyl (C=O) groups is 2. The number of nitrogens with zero attached hydrogens (tertiary/aromatic N) is 1. The van der Waals surface area contributed by atoms with Crippen molar-refractivity contribution in [2.45, 2.75) is 46.2 Å². The molecule has 6 heteroatoms. The van der Waals surface area contributed by atoms with Gasteiger partial charge >= 0.3 is 6.03 Å². The van der Waals surface area contributed by atoms with Gasteiger partial charge in [-0.25, -0.2) is 4.79 Å². The number of nitrogens with one attached hydrogen (secondary N) is 2. The van der Waals surface area contributed by atoms with Gasteiger partial charge in [-0.1, -0.05) is 25.1 Å². The normalized spacial score (nSPS) is 12.8. The fourth-order valence-electron chi connectivity index (χ4n) is 3.46. The number of urea groups is 1. The molecule has 3 amide bonds. The van der Waals surface area contributed by atoms with Crippen molar-refractivity contribution in [1.82, 2.24) is 10.2 Å². The number of amides is 3. The first-order valence-corrected chi connectivity index (χ1v) is 10.2. The number of hydrogen-bond donors (Lipinski definition) is 2. The molecule has 0 spiro atoms. The molecule has 6 nitrogen and oxygen atoms in total. The van der Waals surface area contributed by atoms with Crippen LogP contribution in [0.5, 0.6) is 5.75 Å². The molecule has 2 aromatic rings. The van der Waals surface area contributed by atoms with Gasteiger partial charge in [-0.2, -0.15) is 0 Å². The topological polar surface area (TPSA) is 70.7 Å². The van der Waals surface area contributed by atoms with Crippen molar-refractivity contribution in [3.8, 4) is 5.75 Å². The predicted molar refractivity (Wildman–Crippen MR) is 114 cm³/mol. The summed E-state index contributed by atoms with van der Waals surface area (Å²) in [5.41, 5.74) is 4.11. The van der Waals surface area contributed by atoms with Gasteiger partial charge in [0.25, 0.3) is 0 Å². The Morgan fingerprint density at radius 2 is 1.97 bits per heavy atom. The minimum atomic E-state index is -0.0853. The van der Waals surface area contributed by atoms with E-state index in [1.807, 2.05) is 55.1 Å². The molecule has 0 atom stereocenters. The first-order chi connectivity index (χ1) is 14.1. The average Bonchev–Trinajstić information content (AvgIpc) is 2.72. The third-order valence-corrected chi connectivity index (χ3v) is 4.92. The molecule has 0 saturated carbocycles. The second kappa shape index (κ2) is 9.96. The average molecular weight is 396 g/mol. The number of fused-ring (bicyclic) bond motifs is 1. The molecule has 2 aromatic carbocycles. The molecule has 1 heterocycles. The van der Waals surface area contributed by atoms with E-state index >= 15 is 0 Å². The van der Waals surface area contributed by atoms with Crippen LogP contribution >= 0.6 is 0 Å². The van der Waals surface area contributed by atoms with Crippen LogP contribution in [-0.4, -0.2) is 30.0 Å². The zero-order valence-corrected chi connectivity index (χ0v) is 17.2. The highest BCUT2D eigenvalue weighted by Crippen LogP contribution is 2.24. The van der Waals surface area contributed by atoms with Gasteiger partial charge in [-0.3, -0.25) is 4.79 Å². The molecular formula is C23H29N3O3. The van der Waals surface area contributed by atoms with Crippen molar-refractivity contribution in [2.75, 3.05) is 18.5 Å². The number of hydrogen-bond acceptors (Lipinski definition) is 3. The standard InChI is InChI=1S/C23H29N3O3/c1-3-6-22(27)25-20-8-5-7-17(13-20)15-24-23(28)26-12-11-18-9-10-21(29-4-2)14-19(18)16-26/h5,7-10,13-14H,3-4,6,11-12,15-16H2,1-2H3,(H,24,28)(H,25,27). The largest absolute Gasteiger partial charge is 0.494 e. The SMILES string of the molecule is CCCC(=O)Nc1cccc(CNC(=O)N2CCc3ccc(OCC)cc3C2)c1. The number of carbonyl (C=O) groups excluding carboxylic acids is 2. The van der Waals surface area contributed by atoms with E-state index < -0.39 is 0 Å². The smallest absolute Gasteiger partial charge is 0.317 e. The molecule has 0 aliphatic carbocycles. The lowest BCUT2D eigenvalue weighted by molar-refractivity contribution is -0.116. The van der Waals surface area contributed by atoms with Gasteiger partial charge in [-0.05, 0) is 60.7 Å². The summed E-state index contributed by atoms with van der Waals surface area (Å²) < 4.78 is 5.58. The zero-order chi connectivity index (χ0) is 20.6. The van der Waals surface area contributed by atoms with Crippen LogP contribution in [0, 0.1) is 0 Å². The Morgan fingerprint density at radius 1 is 1.10 bits per heavy atom. The van der Waals surface area contributed by atoms with E-state index in [0.717, 1.165) is 35.4 Å². The summed E-state index contributed by atoms with van der Waals surface area (Å²) in [6.45, 7) is 6.25. The molecule has 2 N–H and O–H groups in total. The third-order valence-electron chi connectivity index (χ3n) is 4.92. The van der Waals surface area contributed by atoms with Crippen LogP contribution in [-0.2, 0) is 24.3 Å². The Balaban J connectivity index is 1.56. The van der Waals surface area contributed by atoms with Crippen molar-refractivity contribution in [3.63, 3.8) is 0 Å². The number of rotatable bonds is 7. The van der Waals surface area contributed by atoms with Crippen LogP contribution in [0.4, 0.5) is 10.5 Å². The Morgan fingerprint density at radius 3 is 2.76 bits per heavy atom. The highest BCUT2D eigenvalue weighted by Gasteiger charge is 2.21. The highest BCUT2D eigenvalue weighted by molar-refractivity contribution is 5.90. The van der Waals surface area contributed by atoms with Crippen LogP contribution in [0.15, 0.2) is 42.5 Å². The predicted octanol–water partition coefficient (Wildman–Crippen LogP) is 4.09. The van der Waals surface area contributed by atoms with Gasteiger partial charge in [-0.15, -0.1) is 0 Å². The van der Waals surface area contributed by atoms with Gasteiger partial charge in [0, 0.05) is 31.7 Å². The maximum atomic E-state index is 12.7. The van der Waals surface area contributed by atoms with Crippen molar-refractivity contribution in [2.24, 2.45) is 0 Å². The molecule has 0 radical (unpaired) electrons. The third kappa shape index (κ3) is 5.73. The zero-order valence-electron chi connectivity index (χ0n) is 17.2. The molecule has 29 heavy (non-hydrogen) atoms. The summed E-state index contributed by atoms with van der Waals surface area (Å²) in [5.74, 6) is 0.850. The van der Waals surface area contributed by atoms with Crippen LogP contribution < -0.4 is 15.4 Å². The van der Waals surface area contributed by atoms with E-state index in [1.54, 1.807) is 0 Å². The van der Waals surface area contributed by atoms with Crippen molar-refractivity contribution >= 4 is 17.6 Å². The Bertz CT molecular complexity index is 866. The summed E-state index contributed by atoms with van der Waals surface area (Å²) in [6.07, 6.45) is 2.16. The molecule has 1 aliphatic heterocycles. The van der Waals surface area contributed by atoms with E-state index in [-0.39, 0.29) is 11.9 Å². The van der Waals surface area contributed by atoms with Crippen molar-refractivity contribution < 1.29 is 14.3 Å². The first kappa shape index (κ1) is 20.7. The number of benzene rings is 2. The van der Waals surface area contributed by atoms with E-state index in [0.29, 0.717) is 32.7 Å². The number of ether oxygens (including phenoxy) is 1. The molecule has 1 aliphatic rings. The van der Waals surface area contributed by atoms with Gasteiger partial charge < -0.3 is 20.3 Å². The van der Waals surface area contributed by atoms with Gasteiger partial charge in [0.2, 0.25) is 5.91 Å². The molecule has 154 valence electrons. The molecule has 0 fully saturated rings. The van der Waals surface area contributed by atoms with E-state index in [1.165, 1.54) is 5.56 Å². The molecular weight excluding hydrogens is 366 g/mol. The monoisotopic (exact) mass is 395 g/mol. The molecule has 0 bridgehead atoms. The van der Waals surface area contributed by atoms with E-state index in [2.05, 4.69) is 16.7 Å². The summed E-state index contributed by atoms with van der Waals surface area (Å²) >= 11 is 0. The Hall–Kier alpha value is -3.02. The van der Waals surface area contributed by atoms with Gasteiger partial charge in [0.1, 0.15) is 5.75 Å². The molecule has 3 rings (SSSR count). The fraction of sp³-hybridized carbons (Fsp3) is 0.391. The van der Waals surface area contributed by atoms with Crippen LogP contribution in [0.1, 0.15) is 43.4 Å². The van der Waals surface area contributed by atoms with Crippen molar-refractivity contribution in [1.29, 1.82) is 0 Å². The number of anilines is 1. The molecule has 0 unspecified atom stereocenters. The summed E-state index contributed by atoms with van der Waals surface area (Å²) in [7, 11) is 0. The summed E-state index contributed by atoms with van der Waals surface area (Å²) in [5, 5.41) is 5.87. The van der Waals surface area contributed by atoms with Crippen LogP contribution in [0.25, 0.3) is 0 Å². The molecule has 0 aromatic heterocycles. The maximum Gasteiger partial charge on any atom is 0.317 e. The minimum Gasteiger partial charge on any atom is -0.494 e.